The van der Waals surface area contributed by atoms with Gasteiger partial charge >= 0.3 is 0 Å². The SMILES string of the molecule is N[C@@H](CO)c1ccc(O)c(Cl)c1. The Bertz CT molecular complexity index is 278. The van der Waals surface area contributed by atoms with E-state index in [2.05, 4.69) is 0 Å². The Labute approximate surface area is 75.4 Å². The molecule has 0 aliphatic carbocycles. The van der Waals surface area contributed by atoms with Gasteiger partial charge in [0.1, 0.15) is 5.75 Å². The molecular formula is C8H10ClNO2. The van der Waals surface area contributed by atoms with E-state index in [1.807, 2.05) is 0 Å². The van der Waals surface area contributed by atoms with Gasteiger partial charge in [-0.25, -0.2) is 0 Å². The van der Waals surface area contributed by atoms with Gasteiger partial charge in [-0.1, -0.05) is 17.7 Å². The molecule has 0 saturated carbocycles. The van der Waals surface area contributed by atoms with Gasteiger partial charge in [0.2, 0.25) is 0 Å². The molecule has 0 aliphatic rings. The van der Waals surface area contributed by atoms with Crippen molar-refractivity contribution in [3.05, 3.63) is 28.8 Å². The van der Waals surface area contributed by atoms with Crippen LogP contribution in [-0.2, 0) is 0 Å². The minimum Gasteiger partial charge on any atom is -0.506 e. The van der Waals surface area contributed by atoms with Crippen LogP contribution < -0.4 is 5.73 Å². The Balaban J connectivity index is 2.96. The van der Waals surface area contributed by atoms with Crippen molar-refractivity contribution in [2.75, 3.05) is 6.61 Å². The second kappa shape index (κ2) is 3.76. The first-order chi connectivity index (χ1) is 5.65. The van der Waals surface area contributed by atoms with E-state index in [9.17, 15) is 0 Å². The number of phenols is 1. The Morgan fingerprint density at radius 2 is 2.17 bits per heavy atom. The number of nitrogens with two attached hydrogens (primary N) is 1. The molecule has 0 aliphatic heterocycles. The minimum atomic E-state index is -0.442. The molecule has 1 atom stereocenters. The van der Waals surface area contributed by atoms with E-state index >= 15 is 0 Å². The third-order valence-electron chi connectivity index (χ3n) is 1.60. The number of benzene rings is 1. The number of aliphatic hydroxyl groups excluding tert-OH is 1. The number of aromatic hydroxyl groups is 1. The maximum atomic E-state index is 9.06. The molecule has 12 heavy (non-hydrogen) atoms. The lowest BCUT2D eigenvalue weighted by Gasteiger charge is -2.08. The predicted molar refractivity (Wildman–Crippen MR) is 47.1 cm³/mol. The summed E-state index contributed by atoms with van der Waals surface area (Å²) in [5.41, 5.74) is 6.23. The number of hydrogen-bond acceptors (Lipinski definition) is 3. The molecule has 0 unspecified atom stereocenters. The Morgan fingerprint density at radius 3 is 2.67 bits per heavy atom. The van der Waals surface area contributed by atoms with E-state index < -0.39 is 6.04 Å². The van der Waals surface area contributed by atoms with Crippen molar-refractivity contribution in [3.8, 4) is 5.75 Å². The summed E-state index contributed by atoms with van der Waals surface area (Å²) < 4.78 is 0. The summed E-state index contributed by atoms with van der Waals surface area (Å²) in [7, 11) is 0. The van der Waals surface area contributed by atoms with Crippen LogP contribution >= 0.6 is 11.6 Å². The van der Waals surface area contributed by atoms with Crippen LogP contribution in [0.5, 0.6) is 5.75 Å². The molecule has 0 radical (unpaired) electrons. The monoisotopic (exact) mass is 187 g/mol. The van der Waals surface area contributed by atoms with Gasteiger partial charge in [0, 0.05) is 0 Å². The van der Waals surface area contributed by atoms with Gasteiger partial charge in [-0.2, -0.15) is 0 Å². The van der Waals surface area contributed by atoms with Gasteiger partial charge in [-0.05, 0) is 17.7 Å². The summed E-state index contributed by atoms with van der Waals surface area (Å²) in [5, 5.41) is 18.0. The van der Waals surface area contributed by atoms with Crippen LogP contribution in [0.2, 0.25) is 5.02 Å². The van der Waals surface area contributed by atoms with E-state index in [1.54, 1.807) is 6.07 Å². The second-order valence-electron chi connectivity index (χ2n) is 2.50. The maximum Gasteiger partial charge on any atom is 0.134 e. The number of phenolic OH excluding ortho intramolecular Hbond substituents is 1. The minimum absolute atomic E-state index is 0.0190. The molecule has 0 bridgehead atoms. The zero-order chi connectivity index (χ0) is 9.14. The molecule has 1 rings (SSSR count). The van der Waals surface area contributed by atoms with Gasteiger partial charge in [0.25, 0.3) is 0 Å². The summed E-state index contributed by atoms with van der Waals surface area (Å²) in [6, 6.07) is 4.18. The number of hydrogen-bond donors (Lipinski definition) is 3. The van der Waals surface area contributed by atoms with Crippen molar-refractivity contribution in [2.45, 2.75) is 6.04 Å². The maximum absolute atomic E-state index is 9.06. The zero-order valence-electron chi connectivity index (χ0n) is 6.37. The largest absolute Gasteiger partial charge is 0.506 e. The lowest BCUT2D eigenvalue weighted by molar-refractivity contribution is 0.268. The van der Waals surface area contributed by atoms with E-state index in [0.29, 0.717) is 5.56 Å². The molecule has 1 aromatic rings. The summed E-state index contributed by atoms with van der Waals surface area (Å²) in [6.07, 6.45) is 0. The highest BCUT2D eigenvalue weighted by Crippen LogP contribution is 2.25. The van der Waals surface area contributed by atoms with E-state index in [4.69, 9.17) is 27.5 Å². The summed E-state index contributed by atoms with van der Waals surface area (Å²) >= 11 is 5.63. The molecule has 0 heterocycles. The molecule has 0 amide bonds. The lowest BCUT2D eigenvalue weighted by Crippen LogP contribution is -2.14. The molecule has 3 nitrogen and oxygen atoms in total. The van der Waals surface area contributed by atoms with Gasteiger partial charge in [-0.15, -0.1) is 0 Å². The van der Waals surface area contributed by atoms with Crippen LogP contribution in [0.15, 0.2) is 18.2 Å². The van der Waals surface area contributed by atoms with Crippen LogP contribution in [0.25, 0.3) is 0 Å². The molecular weight excluding hydrogens is 178 g/mol. The van der Waals surface area contributed by atoms with Gasteiger partial charge in [0.15, 0.2) is 0 Å². The van der Waals surface area contributed by atoms with Crippen LogP contribution in [0, 0.1) is 0 Å². The normalized spacial score (nSPS) is 12.9. The predicted octanol–water partition coefficient (Wildman–Crippen LogP) is 1.04. The fraction of sp³-hybridized carbons (Fsp3) is 0.250. The van der Waals surface area contributed by atoms with Gasteiger partial charge in [0.05, 0.1) is 17.7 Å². The van der Waals surface area contributed by atoms with Crippen molar-refractivity contribution < 1.29 is 10.2 Å². The number of rotatable bonds is 2. The first kappa shape index (κ1) is 9.32. The Morgan fingerprint density at radius 1 is 1.50 bits per heavy atom. The average Bonchev–Trinajstić information content (AvgIpc) is 2.08. The van der Waals surface area contributed by atoms with Crippen molar-refractivity contribution >= 4 is 11.6 Å². The molecule has 66 valence electrons. The Hall–Kier alpha value is -0.770. The topological polar surface area (TPSA) is 66.5 Å². The molecule has 0 fully saturated rings. The molecule has 4 heteroatoms. The summed E-state index contributed by atoms with van der Waals surface area (Å²) in [6.45, 7) is -0.138. The Kier molecular flexibility index (Phi) is 2.92. The average molecular weight is 188 g/mol. The third kappa shape index (κ3) is 1.88. The van der Waals surface area contributed by atoms with Crippen molar-refractivity contribution in [2.24, 2.45) is 5.73 Å². The van der Waals surface area contributed by atoms with Gasteiger partial charge < -0.3 is 15.9 Å². The molecule has 4 N–H and O–H groups in total. The highest BCUT2D eigenvalue weighted by atomic mass is 35.5. The molecule has 0 saturated heterocycles. The standard InChI is InChI=1S/C8H10ClNO2/c9-6-3-5(7(10)4-11)1-2-8(6)12/h1-3,7,11-12H,4,10H2/t7-/m0/s1. The second-order valence-corrected chi connectivity index (χ2v) is 2.91. The fourth-order valence-electron chi connectivity index (χ4n) is 0.859. The smallest absolute Gasteiger partial charge is 0.134 e. The van der Waals surface area contributed by atoms with Crippen molar-refractivity contribution in [3.63, 3.8) is 0 Å². The zero-order valence-corrected chi connectivity index (χ0v) is 7.12. The van der Waals surface area contributed by atoms with Crippen molar-refractivity contribution in [1.82, 2.24) is 0 Å². The molecule has 0 aromatic heterocycles. The highest BCUT2D eigenvalue weighted by molar-refractivity contribution is 6.32. The summed E-state index contributed by atoms with van der Waals surface area (Å²) in [5.74, 6) is 0.0190. The van der Waals surface area contributed by atoms with Crippen LogP contribution in [-0.4, -0.2) is 16.8 Å². The quantitative estimate of drug-likeness (QED) is 0.648. The number of aliphatic hydroxyl groups is 1. The van der Waals surface area contributed by atoms with Crippen molar-refractivity contribution in [1.29, 1.82) is 0 Å². The first-order valence-electron chi connectivity index (χ1n) is 3.50. The number of halogens is 1. The van der Waals surface area contributed by atoms with Crippen LogP contribution in [0.3, 0.4) is 0 Å². The van der Waals surface area contributed by atoms with Crippen LogP contribution in [0.4, 0.5) is 0 Å². The first-order valence-corrected chi connectivity index (χ1v) is 3.88. The lowest BCUT2D eigenvalue weighted by atomic mass is 10.1. The van der Waals surface area contributed by atoms with Crippen LogP contribution in [0.1, 0.15) is 11.6 Å². The third-order valence-corrected chi connectivity index (χ3v) is 1.90. The molecule has 1 aromatic carbocycles. The van der Waals surface area contributed by atoms with Gasteiger partial charge in [-0.3, -0.25) is 0 Å². The highest BCUT2D eigenvalue weighted by Gasteiger charge is 2.06. The van der Waals surface area contributed by atoms with E-state index in [0.717, 1.165) is 0 Å². The van der Waals surface area contributed by atoms with E-state index in [1.165, 1.54) is 12.1 Å². The van der Waals surface area contributed by atoms with E-state index in [-0.39, 0.29) is 17.4 Å². The molecule has 0 spiro atoms. The fourth-order valence-corrected chi connectivity index (χ4v) is 1.05. The summed E-state index contributed by atoms with van der Waals surface area (Å²) in [4.78, 5) is 0.